The second-order valence-corrected chi connectivity index (χ2v) is 8.11. The van der Waals surface area contributed by atoms with E-state index in [2.05, 4.69) is 6.92 Å². The molecule has 2 rings (SSSR count). The number of unbranched alkanes of at least 4 members (excludes halogenated alkanes) is 1. The van der Waals surface area contributed by atoms with Crippen LogP contribution in [-0.2, 0) is 36.6 Å². The first kappa shape index (κ1) is 20.8. The number of rotatable bonds is 11. The van der Waals surface area contributed by atoms with Crippen molar-refractivity contribution in [2.45, 2.75) is 19.8 Å². The summed E-state index contributed by atoms with van der Waals surface area (Å²) in [7, 11) is -0.972. The molecule has 8 nitrogen and oxygen atoms in total. The number of hydrogen-bond acceptors (Lipinski definition) is 8. The van der Waals surface area contributed by atoms with Crippen molar-refractivity contribution >= 4 is 17.2 Å². The SMILES string of the molecule is CCCCOCCOP1OCC2(COP(OCCOC)OC2)CO1. The zero-order chi connectivity index (χ0) is 17.1. The number of methoxy groups -OCH3 is 1. The van der Waals surface area contributed by atoms with Gasteiger partial charge in [-0.25, -0.2) is 0 Å². The van der Waals surface area contributed by atoms with Crippen LogP contribution in [0.15, 0.2) is 0 Å². The van der Waals surface area contributed by atoms with Gasteiger partial charge < -0.3 is 36.6 Å². The van der Waals surface area contributed by atoms with Gasteiger partial charge in [-0.15, -0.1) is 0 Å². The van der Waals surface area contributed by atoms with E-state index >= 15 is 0 Å². The maximum atomic E-state index is 5.68. The molecule has 0 aromatic rings. The van der Waals surface area contributed by atoms with Crippen molar-refractivity contribution in [2.75, 3.05) is 66.6 Å². The van der Waals surface area contributed by atoms with Gasteiger partial charge in [-0.3, -0.25) is 0 Å². The quantitative estimate of drug-likeness (QED) is 0.396. The normalized spacial score (nSPS) is 30.8. The Bertz CT molecular complexity index is 318. The molecule has 1 spiro atoms. The van der Waals surface area contributed by atoms with Crippen LogP contribution in [0.4, 0.5) is 0 Å². The van der Waals surface area contributed by atoms with E-state index in [0.29, 0.717) is 52.9 Å². The van der Waals surface area contributed by atoms with E-state index in [4.69, 9.17) is 36.6 Å². The second kappa shape index (κ2) is 12.0. The standard InChI is InChI=1S/C14H28O8P2/c1-3-4-5-16-7-9-18-24-21-12-14(13-22-24)10-19-23(20-11-14)17-8-6-15-2/h3-13H2,1-2H3. The average Bonchev–Trinajstić information content (AvgIpc) is 2.62. The highest BCUT2D eigenvalue weighted by Gasteiger charge is 2.43. The smallest absolute Gasteiger partial charge is 0.332 e. The molecule has 2 saturated heterocycles. The Labute approximate surface area is 146 Å². The first-order valence-electron chi connectivity index (χ1n) is 8.22. The molecule has 24 heavy (non-hydrogen) atoms. The summed E-state index contributed by atoms with van der Waals surface area (Å²) in [5, 5.41) is 0. The second-order valence-electron chi connectivity index (χ2n) is 5.67. The zero-order valence-corrected chi connectivity index (χ0v) is 16.2. The molecule has 0 amide bonds. The van der Waals surface area contributed by atoms with Crippen LogP contribution >= 0.6 is 17.2 Å². The van der Waals surface area contributed by atoms with Crippen molar-refractivity contribution in [3.63, 3.8) is 0 Å². The maximum Gasteiger partial charge on any atom is 0.332 e. The summed E-state index contributed by atoms with van der Waals surface area (Å²) in [6.45, 7) is 6.91. The molecule has 0 bridgehead atoms. The Hall–Kier alpha value is 0.540. The van der Waals surface area contributed by atoms with Crippen LogP contribution in [0, 0.1) is 5.41 Å². The monoisotopic (exact) mass is 386 g/mol. The highest BCUT2D eigenvalue weighted by molar-refractivity contribution is 7.42. The van der Waals surface area contributed by atoms with Gasteiger partial charge in [0.25, 0.3) is 0 Å². The fraction of sp³-hybridized carbons (Fsp3) is 1.00. The van der Waals surface area contributed by atoms with Crippen molar-refractivity contribution in [3.8, 4) is 0 Å². The third-order valence-corrected chi connectivity index (χ3v) is 5.60. The summed E-state index contributed by atoms with van der Waals surface area (Å²) in [6, 6.07) is 0. The molecule has 0 aromatic carbocycles. The van der Waals surface area contributed by atoms with Crippen molar-refractivity contribution in [1.29, 1.82) is 0 Å². The lowest BCUT2D eigenvalue weighted by Gasteiger charge is -2.41. The van der Waals surface area contributed by atoms with Gasteiger partial charge in [0.2, 0.25) is 0 Å². The minimum Gasteiger partial charge on any atom is -0.382 e. The fourth-order valence-corrected chi connectivity index (χ4v) is 4.36. The Morgan fingerprint density at radius 2 is 1.33 bits per heavy atom. The minimum atomic E-state index is -1.30. The van der Waals surface area contributed by atoms with Crippen LogP contribution in [0.5, 0.6) is 0 Å². The van der Waals surface area contributed by atoms with Gasteiger partial charge in [0.15, 0.2) is 0 Å². The summed E-state index contributed by atoms with van der Waals surface area (Å²) in [5.41, 5.74) is -0.275. The van der Waals surface area contributed by atoms with E-state index in [-0.39, 0.29) is 5.41 Å². The topological polar surface area (TPSA) is 73.8 Å². The molecule has 2 aliphatic heterocycles. The molecule has 0 aliphatic carbocycles. The highest BCUT2D eigenvalue weighted by Crippen LogP contribution is 2.52. The lowest BCUT2D eigenvalue weighted by molar-refractivity contribution is -0.0780. The van der Waals surface area contributed by atoms with E-state index < -0.39 is 17.2 Å². The number of ether oxygens (including phenoxy) is 2. The Morgan fingerprint density at radius 3 is 1.83 bits per heavy atom. The van der Waals surface area contributed by atoms with Gasteiger partial charge >= 0.3 is 17.2 Å². The van der Waals surface area contributed by atoms with Crippen molar-refractivity contribution < 1.29 is 36.6 Å². The minimum absolute atomic E-state index is 0.275. The Morgan fingerprint density at radius 1 is 0.792 bits per heavy atom. The maximum absolute atomic E-state index is 5.68. The molecule has 0 atom stereocenters. The molecule has 2 aliphatic rings. The summed E-state index contributed by atoms with van der Waals surface area (Å²) >= 11 is 0. The van der Waals surface area contributed by atoms with Gasteiger partial charge in [-0.1, -0.05) is 13.3 Å². The van der Waals surface area contributed by atoms with E-state index in [1.165, 1.54) is 0 Å². The summed E-state index contributed by atoms with van der Waals surface area (Å²) < 4.78 is 44.0. The van der Waals surface area contributed by atoms with Crippen LogP contribution in [0.1, 0.15) is 19.8 Å². The molecule has 0 saturated carbocycles. The first-order valence-corrected chi connectivity index (χ1v) is 10.4. The molecule has 0 N–H and O–H groups in total. The third-order valence-electron chi connectivity index (χ3n) is 3.46. The summed E-state index contributed by atoms with van der Waals surface area (Å²) in [5.74, 6) is 0. The molecular weight excluding hydrogens is 358 g/mol. The Kier molecular flexibility index (Phi) is 10.4. The van der Waals surface area contributed by atoms with Crippen LogP contribution in [0.3, 0.4) is 0 Å². The van der Waals surface area contributed by atoms with E-state index in [0.717, 1.165) is 19.4 Å². The van der Waals surface area contributed by atoms with Crippen molar-refractivity contribution in [1.82, 2.24) is 0 Å². The van der Waals surface area contributed by atoms with Crippen LogP contribution in [0.2, 0.25) is 0 Å². The molecule has 0 unspecified atom stereocenters. The van der Waals surface area contributed by atoms with Crippen LogP contribution < -0.4 is 0 Å². The predicted octanol–water partition coefficient (Wildman–Crippen LogP) is 3.02. The van der Waals surface area contributed by atoms with Gasteiger partial charge in [0, 0.05) is 13.7 Å². The van der Waals surface area contributed by atoms with Crippen molar-refractivity contribution in [2.24, 2.45) is 5.41 Å². The van der Waals surface area contributed by atoms with Gasteiger partial charge in [0.1, 0.15) is 0 Å². The lowest BCUT2D eigenvalue weighted by atomic mass is 9.93. The molecule has 142 valence electrons. The summed E-state index contributed by atoms with van der Waals surface area (Å²) in [4.78, 5) is 0. The fourth-order valence-electron chi connectivity index (χ4n) is 1.95. The molecule has 2 fully saturated rings. The summed E-state index contributed by atoms with van der Waals surface area (Å²) in [6.07, 6.45) is 2.20. The predicted molar refractivity (Wildman–Crippen MR) is 89.6 cm³/mol. The highest BCUT2D eigenvalue weighted by atomic mass is 31.2. The van der Waals surface area contributed by atoms with Crippen LogP contribution in [-0.4, -0.2) is 66.6 Å². The molecule has 0 radical (unpaired) electrons. The largest absolute Gasteiger partial charge is 0.382 e. The van der Waals surface area contributed by atoms with Crippen LogP contribution in [0.25, 0.3) is 0 Å². The lowest BCUT2D eigenvalue weighted by Crippen LogP contribution is -2.44. The number of hydrogen-bond donors (Lipinski definition) is 0. The van der Waals surface area contributed by atoms with Gasteiger partial charge in [-0.05, 0) is 6.42 Å². The molecule has 10 heteroatoms. The van der Waals surface area contributed by atoms with E-state index in [1.54, 1.807) is 7.11 Å². The van der Waals surface area contributed by atoms with Gasteiger partial charge in [-0.2, -0.15) is 0 Å². The Balaban J connectivity index is 1.54. The average molecular weight is 386 g/mol. The molecular formula is C14H28O8P2. The van der Waals surface area contributed by atoms with Gasteiger partial charge in [0.05, 0.1) is 58.3 Å². The zero-order valence-electron chi connectivity index (χ0n) is 14.4. The molecule has 0 aromatic heterocycles. The molecule has 2 heterocycles. The van der Waals surface area contributed by atoms with Crippen molar-refractivity contribution in [3.05, 3.63) is 0 Å². The third kappa shape index (κ3) is 7.42. The first-order chi connectivity index (χ1) is 11.8. The van der Waals surface area contributed by atoms with E-state index in [9.17, 15) is 0 Å². The van der Waals surface area contributed by atoms with E-state index in [1.807, 2.05) is 0 Å².